The molecule has 0 saturated carbocycles. The van der Waals surface area contributed by atoms with Gasteiger partial charge in [-0.2, -0.15) is 0 Å². The number of ether oxygens (including phenoxy) is 1. The summed E-state index contributed by atoms with van der Waals surface area (Å²) >= 11 is 8.89. The maximum absolute atomic E-state index is 13.7. The standard InChI is InChI=1S/C32H28ClN3O5S2/c1-32(2,3)41-31(40)35-19-8-9-25-17(10-19)11-26(43-25)29(38)34-20-12-27(42-16-20)30(39)36-15-18(14-33)28-22-7-5-4-6-21(22)24(37)13-23(28)36/h4-13,16,18,37H,14-15H2,1-3H3,(H,34,38)(H,35,40)/t18-/m1/s1. The second kappa shape index (κ2) is 11.2. The Bertz CT molecular complexity index is 1910. The van der Waals surface area contributed by atoms with Crippen LogP contribution in [0.15, 0.2) is 66.0 Å². The largest absolute Gasteiger partial charge is 0.507 e. The molecule has 0 spiro atoms. The Hall–Kier alpha value is -4.12. The highest BCUT2D eigenvalue weighted by molar-refractivity contribution is 7.21. The molecular formula is C32H28ClN3O5S2. The van der Waals surface area contributed by atoms with Gasteiger partial charge in [0.05, 0.1) is 21.1 Å². The van der Waals surface area contributed by atoms with Crippen molar-refractivity contribution < 1.29 is 24.2 Å². The number of rotatable bonds is 5. The lowest BCUT2D eigenvalue weighted by Crippen LogP contribution is -2.29. The van der Waals surface area contributed by atoms with E-state index in [9.17, 15) is 19.5 Å². The molecule has 11 heteroatoms. The van der Waals surface area contributed by atoms with Crippen LogP contribution in [-0.2, 0) is 4.74 Å². The van der Waals surface area contributed by atoms with E-state index >= 15 is 0 Å². The molecule has 0 fully saturated rings. The summed E-state index contributed by atoms with van der Waals surface area (Å²) in [6.07, 6.45) is -0.552. The number of nitrogens with zero attached hydrogens (tertiary/aromatic N) is 1. The van der Waals surface area contributed by atoms with Crippen molar-refractivity contribution in [3.63, 3.8) is 0 Å². The highest BCUT2D eigenvalue weighted by Gasteiger charge is 2.35. The minimum Gasteiger partial charge on any atom is -0.507 e. The summed E-state index contributed by atoms with van der Waals surface area (Å²) in [6, 6.07) is 18.0. The maximum atomic E-state index is 13.7. The number of benzene rings is 3. The van der Waals surface area contributed by atoms with Crippen LogP contribution in [0, 0.1) is 0 Å². The van der Waals surface area contributed by atoms with Crippen molar-refractivity contribution in [2.45, 2.75) is 32.3 Å². The number of amides is 3. The summed E-state index contributed by atoms with van der Waals surface area (Å²) in [4.78, 5) is 41.5. The number of hydrogen-bond donors (Lipinski definition) is 3. The molecule has 8 nitrogen and oxygen atoms in total. The lowest BCUT2D eigenvalue weighted by molar-refractivity contribution is 0.0635. The number of anilines is 3. The van der Waals surface area contributed by atoms with E-state index < -0.39 is 11.7 Å². The summed E-state index contributed by atoms with van der Waals surface area (Å²) in [7, 11) is 0. The Labute approximate surface area is 260 Å². The van der Waals surface area contributed by atoms with Crippen LogP contribution in [0.25, 0.3) is 20.9 Å². The lowest BCUT2D eigenvalue weighted by Gasteiger charge is -2.19. The smallest absolute Gasteiger partial charge is 0.412 e. The third kappa shape index (κ3) is 5.78. The molecule has 2 aromatic heterocycles. The lowest BCUT2D eigenvalue weighted by atomic mass is 9.95. The minimum atomic E-state index is -0.614. The van der Waals surface area contributed by atoms with Gasteiger partial charge in [-0.15, -0.1) is 34.3 Å². The number of alkyl halides is 1. The molecule has 3 amide bonds. The van der Waals surface area contributed by atoms with Crippen LogP contribution in [0.2, 0.25) is 0 Å². The summed E-state index contributed by atoms with van der Waals surface area (Å²) in [5, 5.41) is 20.4. The van der Waals surface area contributed by atoms with Crippen LogP contribution in [0.5, 0.6) is 5.75 Å². The van der Waals surface area contributed by atoms with Gasteiger partial charge in [0.25, 0.3) is 11.8 Å². The molecule has 1 atom stereocenters. The molecule has 0 saturated heterocycles. The van der Waals surface area contributed by atoms with Crippen LogP contribution in [0.4, 0.5) is 21.9 Å². The van der Waals surface area contributed by atoms with E-state index in [2.05, 4.69) is 10.6 Å². The SMILES string of the molecule is CC(C)(C)OC(=O)Nc1ccc2sc(C(=O)Nc3csc(C(=O)N4C[C@@H](CCl)c5c4cc(O)c4ccccc54)c3)cc2c1. The molecule has 1 aliphatic heterocycles. The van der Waals surface area contributed by atoms with Crippen molar-refractivity contribution in [2.24, 2.45) is 0 Å². The Kier molecular flexibility index (Phi) is 7.53. The van der Waals surface area contributed by atoms with E-state index in [4.69, 9.17) is 16.3 Å². The zero-order valence-corrected chi connectivity index (χ0v) is 26.0. The van der Waals surface area contributed by atoms with E-state index in [-0.39, 0.29) is 23.5 Å². The fourth-order valence-corrected chi connectivity index (χ4v) is 7.22. The average Bonchev–Trinajstić information content (AvgIpc) is 3.68. The van der Waals surface area contributed by atoms with Gasteiger partial charge in [-0.25, -0.2) is 4.79 Å². The van der Waals surface area contributed by atoms with Crippen molar-refractivity contribution in [2.75, 3.05) is 28.0 Å². The summed E-state index contributed by atoms with van der Waals surface area (Å²) < 4.78 is 6.20. The van der Waals surface area contributed by atoms with Crippen LogP contribution >= 0.6 is 34.3 Å². The monoisotopic (exact) mass is 633 g/mol. The third-order valence-corrected chi connectivity index (χ3v) is 9.44. The summed E-state index contributed by atoms with van der Waals surface area (Å²) in [6.45, 7) is 5.78. The van der Waals surface area contributed by atoms with E-state index in [0.29, 0.717) is 39.2 Å². The Balaban J connectivity index is 1.18. The average molecular weight is 634 g/mol. The number of nitrogens with one attached hydrogen (secondary N) is 2. The molecule has 3 heterocycles. The first-order valence-corrected chi connectivity index (χ1v) is 15.8. The van der Waals surface area contributed by atoms with Crippen LogP contribution < -0.4 is 15.5 Å². The predicted octanol–water partition coefficient (Wildman–Crippen LogP) is 8.40. The van der Waals surface area contributed by atoms with E-state index in [1.807, 2.05) is 30.3 Å². The minimum absolute atomic E-state index is 0.0712. The van der Waals surface area contributed by atoms with Crippen LogP contribution in [-0.4, -0.2) is 41.0 Å². The van der Waals surface area contributed by atoms with Gasteiger partial charge in [0, 0.05) is 45.6 Å². The van der Waals surface area contributed by atoms with Gasteiger partial charge in [0.2, 0.25) is 0 Å². The van der Waals surface area contributed by atoms with Crippen molar-refractivity contribution in [3.8, 4) is 5.75 Å². The van der Waals surface area contributed by atoms with Gasteiger partial charge in [-0.3, -0.25) is 14.9 Å². The molecule has 0 bridgehead atoms. The van der Waals surface area contributed by atoms with Crippen molar-refractivity contribution in [1.29, 1.82) is 0 Å². The fourth-order valence-electron chi connectivity index (χ4n) is 5.24. The number of thiophene rings is 2. The topological polar surface area (TPSA) is 108 Å². The number of halogens is 1. The number of aromatic hydroxyl groups is 1. The maximum Gasteiger partial charge on any atom is 0.412 e. The van der Waals surface area contributed by atoms with Crippen LogP contribution in [0.3, 0.4) is 0 Å². The molecule has 3 aromatic carbocycles. The first kappa shape index (κ1) is 29.0. The Morgan fingerprint density at radius 1 is 1.00 bits per heavy atom. The summed E-state index contributed by atoms with van der Waals surface area (Å²) in [5.74, 6) is -0.147. The zero-order chi connectivity index (χ0) is 30.5. The van der Waals surface area contributed by atoms with E-state index in [0.717, 1.165) is 26.4 Å². The molecule has 0 unspecified atom stereocenters. The Morgan fingerprint density at radius 2 is 1.77 bits per heavy atom. The normalized spacial score (nSPS) is 14.6. The number of phenols is 1. The van der Waals surface area contributed by atoms with Crippen LogP contribution in [0.1, 0.15) is 51.6 Å². The number of carbonyl (C=O) groups excluding carboxylic acids is 3. The van der Waals surface area contributed by atoms with Gasteiger partial charge in [-0.05, 0) is 67.4 Å². The van der Waals surface area contributed by atoms with Crippen molar-refractivity contribution >= 4 is 90.1 Å². The molecule has 220 valence electrons. The molecule has 5 aromatic rings. The quantitative estimate of drug-likeness (QED) is 0.168. The highest BCUT2D eigenvalue weighted by Crippen LogP contribution is 2.46. The zero-order valence-electron chi connectivity index (χ0n) is 23.6. The molecule has 0 radical (unpaired) electrons. The van der Waals surface area contributed by atoms with Crippen molar-refractivity contribution in [1.82, 2.24) is 0 Å². The second-order valence-corrected chi connectivity index (χ2v) is 13.6. The molecule has 1 aliphatic rings. The second-order valence-electron chi connectivity index (χ2n) is 11.3. The fraction of sp³-hybridized carbons (Fsp3) is 0.219. The predicted molar refractivity (Wildman–Crippen MR) is 175 cm³/mol. The number of carbonyl (C=O) groups is 3. The van der Waals surface area contributed by atoms with E-state index in [1.165, 1.54) is 22.7 Å². The Morgan fingerprint density at radius 3 is 2.51 bits per heavy atom. The first-order valence-electron chi connectivity index (χ1n) is 13.6. The third-order valence-electron chi connectivity index (χ3n) is 7.03. The molecule has 0 aliphatic carbocycles. The first-order chi connectivity index (χ1) is 20.5. The molecular weight excluding hydrogens is 606 g/mol. The van der Waals surface area contributed by atoms with Crippen molar-refractivity contribution in [3.05, 3.63) is 81.4 Å². The van der Waals surface area contributed by atoms with Gasteiger partial charge in [-0.1, -0.05) is 24.3 Å². The van der Waals surface area contributed by atoms with Gasteiger partial charge in [0.15, 0.2) is 0 Å². The van der Waals surface area contributed by atoms with Gasteiger partial charge < -0.3 is 20.1 Å². The highest BCUT2D eigenvalue weighted by atomic mass is 35.5. The molecule has 43 heavy (non-hydrogen) atoms. The van der Waals surface area contributed by atoms with Gasteiger partial charge >= 0.3 is 6.09 Å². The number of phenolic OH excluding ortho intramolecular Hbond substituents is 1. The van der Waals surface area contributed by atoms with E-state index in [1.54, 1.807) is 61.4 Å². The number of fused-ring (bicyclic) bond motifs is 4. The molecule has 3 N–H and O–H groups in total. The van der Waals surface area contributed by atoms with Gasteiger partial charge in [0.1, 0.15) is 11.4 Å². The number of hydrogen-bond acceptors (Lipinski definition) is 7. The summed E-state index contributed by atoms with van der Waals surface area (Å²) in [5.41, 5.74) is 2.07. The molecule has 6 rings (SSSR count).